The summed E-state index contributed by atoms with van der Waals surface area (Å²) in [7, 11) is 0. The van der Waals surface area contributed by atoms with E-state index in [0.29, 0.717) is 13.1 Å². The maximum atomic E-state index is 11.6. The van der Waals surface area contributed by atoms with Crippen molar-refractivity contribution in [2.45, 2.75) is 20.4 Å². The van der Waals surface area contributed by atoms with Gasteiger partial charge in [-0.05, 0) is 23.9 Å². The Kier molecular flexibility index (Phi) is 2.96. The zero-order chi connectivity index (χ0) is 11.7. The number of aryl methyl sites for hydroxylation is 1. The molecule has 1 N–H and O–H groups in total. The van der Waals surface area contributed by atoms with Gasteiger partial charge in [0.2, 0.25) is 5.91 Å². The van der Waals surface area contributed by atoms with E-state index in [-0.39, 0.29) is 17.9 Å². The van der Waals surface area contributed by atoms with Crippen molar-refractivity contribution in [3.8, 4) is 0 Å². The molecule has 1 aromatic heterocycles. The molecule has 0 aliphatic carbocycles. The average Bonchev–Trinajstić information content (AvgIpc) is 2.61. The molecule has 0 saturated carbocycles. The van der Waals surface area contributed by atoms with Crippen molar-refractivity contribution in [2.75, 3.05) is 6.54 Å². The number of carbonyl (C=O) groups excluding carboxylic acids is 2. The third-order valence-electron chi connectivity index (χ3n) is 2.76. The summed E-state index contributed by atoms with van der Waals surface area (Å²) in [6.07, 6.45) is 0. The van der Waals surface area contributed by atoms with E-state index < -0.39 is 0 Å². The fraction of sp³-hybridized carbons (Fsp3) is 0.455. The number of imide groups is 1. The molecule has 0 aromatic carbocycles. The normalized spacial score (nSPS) is 21.1. The second kappa shape index (κ2) is 4.25. The minimum absolute atomic E-state index is 0.127. The third-order valence-corrected chi connectivity index (χ3v) is 3.77. The van der Waals surface area contributed by atoms with Gasteiger partial charge in [0, 0.05) is 11.4 Å². The van der Waals surface area contributed by atoms with Gasteiger partial charge in [0.1, 0.15) is 0 Å². The highest BCUT2D eigenvalue weighted by atomic mass is 32.1. The molecule has 1 atom stereocenters. The predicted molar refractivity (Wildman–Crippen MR) is 62.2 cm³/mol. The van der Waals surface area contributed by atoms with Gasteiger partial charge in [-0.1, -0.05) is 6.92 Å². The van der Waals surface area contributed by atoms with Crippen LogP contribution in [0, 0.1) is 12.8 Å². The molecule has 2 heterocycles. The Morgan fingerprint density at radius 2 is 2.31 bits per heavy atom. The third kappa shape index (κ3) is 2.09. The van der Waals surface area contributed by atoms with Crippen LogP contribution in [-0.4, -0.2) is 23.4 Å². The minimum atomic E-state index is -0.282. The van der Waals surface area contributed by atoms with Crippen molar-refractivity contribution >= 4 is 23.3 Å². The molecular formula is C11H14N2O2S. The van der Waals surface area contributed by atoms with Gasteiger partial charge in [-0.15, -0.1) is 11.3 Å². The van der Waals surface area contributed by atoms with Crippen molar-refractivity contribution < 1.29 is 9.59 Å². The molecular weight excluding hydrogens is 224 g/mol. The van der Waals surface area contributed by atoms with Crippen molar-refractivity contribution in [1.29, 1.82) is 0 Å². The lowest BCUT2D eigenvalue weighted by atomic mass is 10.1. The minimum Gasteiger partial charge on any atom is -0.319 e. The largest absolute Gasteiger partial charge is 0.324 e. The van der Waals surface area contributed by atoms with E-state index in [4.69, 9.17) is 0 Å². The highest BCUT2D eigenvalue weighted by Crippen LogP contribution is 2.19. The Bertz CT molecular complexity index is 427. The lowest BCUT2D eigenvalue weighted by Crippen LogP contribution is -2.53. The smallest absolute Gasteiger partial charge is 0.319 e. The first kappa shape index (κ1) is 11.1. The van der Waals surface area contributed by atoms with Crippen LogP contribution < -0.4 is 5.32 Å². The molecule has 86 valence electrons. The van der Waals surface area contributed by atoms with Crippen LogP contribution in [0.5, 0.6) is 0 Å². The summed E-state index contributed by atoms with van der Waals surface area (Å²) < 4.78 is 0. The molecule has 5 heteroatoms. The van der Waals surface area contributed by atoms with Crippen LogP contribution in [0.2, 0.25) is 0 Å². The van der Waals surface area contributed by atoms with Gasteiger partial charge in [-0.3, -0.25) is 10.1 Å². The lowest BCUT2D eigenvalue weighted by molar-refractivity contribution is -0.125. The molecule has 1 aromatic rings. The lowest BCUT2D eigenvalue weighted by Gasteiger charge is -2.30. The molecule has 16 heavy (non-hydrogen) atoms. The van der Waals surface area contributed by atoms with Gasteiger partial charge >= 0.3 is 6.03 Å². The number of urea groups is 1. The van der Waals surface area contributed by atoms with Gasteiger partial charge in [0.05, 0.1) is 12.5 Å². The van der Waals surface area contributed by atoms with E-state index >= 15 is 0 Å². The Morgan fingerprint density at radius 3 is 2.94 bits per heavy atom. The van der Waals surface area contributed by atoms with E-state index in [1.807, 2.05) is 25.3 Å². The molecule has 1 fully saturated rings. The predicted octanol–water partition coefficient (Wildman–Crippen LogP) is 1.74. The van der Waals surface area contributed by atoms with Crippen LogP contribution in [-0.2, 0) is 11.3 Å². The fourth-order valence-corrected chi connectivity index (χ4v) is 2.60. The maximum Gasteiger partial charge on any atom is 0.324 e. The number of hydrogen-bond acceptors (Lipinski definition) is 3. The van der Waals surface area contributed by atoms with Crippen molar-refractivity contribution in [3.63, 3.8) is 0 Å². The van der Waals surface area contributed by atoms with Gasteiger partial charge in [0.25, 0.3) is 0 Å². The fourth-order valence-electron chi connectivity index (χ4n) is 1.68. The highest BCUT2D eigenvalue weighted by Gasteiger charge is 2.29. The molecule has 1 aliphatic heterocycles. The number of hydrogen-bond donors (Lipinski definition) is 1. The summed E-state index contributed by atoms with van der Waals surface area (Å²) in [4.78, 5) is 25.7. The molecule has 1 aliphatic rings. The summed E-state index contributed by atoms with van der Waals surface area (Å²) >= 11 is 1.64. The Balaban J connectivity index is 2.08. The molecule has 0 radical (unpaired) electrons. The van der Waals surface area contributed by atoms with Crippen LogP contribution in [0.1, 0.15) is 17.4 Å². The maximum absolute atomic E-state index is 11.6. The van der Waals surface area contributed by atoms with Gasteiger partial charge in [0.15, 0.2) is 0 Å². The molecule has 2 rings (SSSR count). The van der Waals surface area contributed by atoms with Crippen LogP contribution >= 0.6 is 11.3 Å². The van der Waals surface area contributed by atoms with Crippen LogP contribution in [0.15, 0.2) is 11.4 Å². The van der Waals surface area contributed by atoms with E-state index in [2.05, 4.69) is 5.32 Å². The van der Waals surface area contributed by atoms with E-state index in [1.54, 1.807) is 16.2 Å². The van der Waals surface area contributed by atoms with Crippen molar-refractivity contribution in [1.82, 2.24) is 10.2 Å². The van der Waals surface area contributed by atoms with Gasteiger partial charge in [-0.2, -0.15) is 0 Å². The summed E-state index contributed by atoms with van der Waals surface area (Å²) in [5, 5.41) is 4.38. The summed E-state index contributed by atoms with van der Waals surface area (Å²) in [5.41, 5.74) is 1.20. The molecule has 4 nitrogen and oxygen atoms in total. The van der Waals surface area contributed by atoms with Crippen molar-refractivity contribution in [2.24, 2.45) is 5.92 Å². The first-order valence-electron chi connectivity index (χ1n) is 5.20. The molecule has 1 unspecified atom stereocenters. The Hall–Kier alpha value is -1.36. The summed E-state index contributed by atoms with van der Waals surface area (Å²) in [6, 6.07) is 1.76. The number of nitrogens with one attached hydrogen (secondary N) is 1. The second-order valence-corrected chi connectivity index (χ2v) is 5.10. The first-order valence-corrected chi connectivity index (χ1v) is 6.08. The van der Waals surface area contributed by atoms with Gasteiger partial charge in [-0.25, -0.2) is 4.79 Å². The van der Waals surface area contributed by atoms with E-state index in [0.717, 1.165) is 0 Å². The number of thiophene rings is 1. The van der Waals surface area contributed by atoms with Crippen LogP contribution in [0.3, 0.4) is 0 Å². The van der Waals surface area contributed by atoms with Gasteiger partial charge < -0.3 is 4.90 Å². The highest BCUT2D eigenvalue weighted by molar-refractivity contribution is 7.10. The monoisotopic (exact) mass is 238 g/mol. The molecule has 0 bridgehead atoms. The molecule has 1 saturated heterocycles. The standard InChI is InChI=1S/C11H14N2O2S/c1-7-3-4-16-9(7)6-13-5-8(2)10(14)12-11(13)15/h3-4,8H,5-6H2,1-2H3,(H,12,14,15). The van der Waals surface area contributed by atoms with E-state index in [1.165, 1.54) is 10.4 Å². The molecule has 3 amide bonds. The second-order valence-electron chi connectivity index (χ2n) is 4.10. The quantitative estimate of drug-likeness (QED) is 0.853. The van der Waals surface area contributed by atoms with E-state index in [9.17, 15) is 9.59 Å². The van der Waals surface area contributed by atoms with Crippen molar-refractivity contribution in [3.05, 3.63) is 21.9 Å². The zero-order valence-corrected chi connectivity index (χ0v) is 10.1. The Morgan fingerprint density at radius 1 is 1.56 bits per heavy atom. The SMILES string of the molecule is Cc1ccsc1CN1CC(C)C(=O)NC1=O. The van der Waals surface area contributed by atoms with Crippen LogP contribution in [0.4, 0.5) is 4.79 Å². The number of carbonyl (C=O) groups is 2. The number of amides is 3. The number of rotatable bonds is 2. The summed E-state index contributed by atoms with van der Waals surface area (Å²) in [5.74, 6) is -0.304. The topological polar surface area (TPSA) is 49.4 Å². The molecule has 0 spiro atoms. The van der Waals surface area contributed by atoms with Crippen LogP contribution in [0.25, 0.3) is 0 Å². The average molecular weight is 238 g/mol. The Labute approximate surface area is 98.3 Å². The number of nitrogens with zero attached hydrogens (tertiary/aromatic N) is 1. The zero-order valence-electron chi connectivity index (χ0n) is 9.32. The summed E-state index contributed by atoms with van der Waals surface area (Å²) in [6.45, 7) is 4.95. The first-order chi connectivity index (χ1) is 7.58.